The average Bonchev–Trinajstić information content (AvgIpc) is 2.78. The highest BCUT2D eigenvalue weighted by Crippen LogP contribution is 2.22. The highest BCUT2D eigenvalue weighted by atomic mass is 32.2. The lowest BCUT2D eigenvalue weighted by atomic mass is 10.1. The number of ether oxygens (including phenoxy) is 1. The number of hydrogen-bond donors (Lipinski definition) is 1. The molecule has 2 aromatic rings. The molecule has 0 bridgehead atoms. The van der Waals surface area contributed by atoms with Crippen molar-refractivity contribution in [2.75, 3.05) is 39.8 Å². The Morgan fingerprint density at radius 1 is 1.10 bits per heavy atom. The minimum absolute atomic E-state index is 0.118. The van der Waals surface area contributed by atoms with Gasteiger partial charge in [-0.05, 0) is 49.2 Å². The predicted octanol–water partition coefficient (Wildman–Crippen LogP) is 2.06. The van der Waals surface area contributed by atoms with Crippen LogP contribution in [-0.2, 0) is 21.2 Å². The lowest BCUT2D eigenvalue weighted by Gasteiger charge is -2.36. The molecule has 1 fully saturated rings. The Morgan fingerprint density at radius 3 is 2.35 bits per heavy atom. The van der Waals surface area contributed by atoms with Gasteiger partial charge >= 0.3 is 0 Å². The average molecular weight is 446 g/mol. The van der Waals surface area contributed by atoms with Crippen LogP contribution in [0.15, 0.2) is 53.4 Å². The van der Waals surface area contributed by atoms with Crippen molar-refractivity contribution in [3.8, 4) is 5.75 Å². The smallest absolute Gasteiger partial charge is 0.241 e. The van der Waals surface area contributed by atoms with Crippen LogP contribution < -0.4 is 9.46 Å². The fourth-order valence-electron chi connectivity index (χ4n) is 3.81. The SMILES string of the molecule is CCN1CCN(C(=O)[C@H](Cc2ccccc2)NS(=O)(=O)c2ccc(OC)c(C)c2)CC1. The van der Waals surface area contributed by atoms with Gasteiger partial charge in [-0.2, -0.15) is 4.72 Å². The summed E-state index contributed by atoms with van der Waals surface area (Å²) < 4.78 is 34.2. The minimum atomic E-state index is -3.89. The summed E-state index contributed by atoms with van der Waals surface area (Å²) in [5.74, 6) is 0.429. The summed E-state index contributed by atoms with van der Waals surface area (Å²) in [7, 11) is -2.35. The molecule has 8 heteroatoms. The number of benzene rings is 2. The van der Waals surface area contributed by atoms with Crippen molar-refractivity contribution >= 4 is 15.9 Å². The van der Waals surface area contributed by atoms with Gasteiger partial charge in [0.1, 0.15) is 11.8 Å². The number of nitrogens with one attached hydrogen (secondary N) is 1. The van der Waals surface area contributed by atoms with Crippen LogP contribution in [0.3, 0.4) is 0 Å². The molecule has 1 heterocycles. The molecule has 1 N–H and O–H groups in total. The number of likely N-dealkylation sites (N-methyl/N-ethyl adjacent to an activating group) is 1. The number of sulfonamides is 1. The first-order valence-electron chi connectivity index (χ1n) is 10.6. The summed E-state index contributed by atoms with van der Waals surface area (Å²) in [6.45, 7) is 7.62. The number of carbonyl (C=O) groups is 1. The second-order valence-electron chi connectivity index (χ2n) is 7.75. The molecule has 2 aromatic carbocycles. The molecular formula is C23H31N3O4S. The molecule has 1 saturated heterocycles. The lowest BCUT2D eigenvalue weighted by Crippen LogP contribution is -2.55. The van der Waals surface area contributed by atoms with E-state index >= 15 is 0 Å². The van der Waals surface area contributed by atoms with Crippen molar-refractivity contribution in [3.05, 3.63) is 59.7 Å². The first-order valence-corrected chi connectivity index (χ1v) is 12.0. The molecule has 3 rings (SSSR count). The molecule has 0 saturated carbocycles. The van der Waals surface area contributed by atoms with Crippen LogP contribution in [0, 0.1) is 6.92 Å². The Morgan fingerprint density at radius 2 is 1.77 bits per heavy atom. The molecule has 1 amide bonds. The molecule has 1 atom stereocenters. The Kier molecular flexibility index (Phi) is 7.69. The van der Waals surface area contributed by atoms with Crippen LogP contribution in [0.4, 0.5) is 0 Å². The van der Waals surface area contributed by atoms with Gasteiger partial charge in [0.25, 0.3) is 0 Å². The van der Waals surface area contributed by atoms with Gasteiger partial charge in [0, 0.05) is 26.2 Å². The molecule has 0 spiro atoms. The maximum Gasteiger partial charge on any atom is 0.241 e. The monoisotopic (exact) mass is 445 g/mol. The first kappa shape index (κ1) is 23.2. The van der Waals surface area contributed by atoms with Gasteiger partial charge in [0.2, 0.25) is 15.9 Å². The van der Waals surface area contributed by atoms with E-state index in [4.69, 9.17) is 4.74 Å². The van der Waals surface area contributed by atoms with Crippen molar-refractivity contribution < 1.29 is 17.9 Å². The van der Waals surface area contributed by atoms with E-state index in [9.17, 15) is 13.2 Å². The van der Waals surface area contributed by atoms with E-state index in [1.807, 2.05) is 30.3 Å². The summed E-state index contributed by atoms with van der Waals surface area (Å²) >= 11 is 0. The summed E-state index contributed by atoms with van der Waals surface area (Å²) in [6, 6.07) is 13.3. The highest BCUT2D eigenvalue weighted by Gasteiger charge is 2.31. The van der Waals surface area contributed by atoms with Gasteiger partial charge in [-0.25, -0.2) is 8.42 Å². The van der Waals surface area contributed by atoms with Crippen LogP contribution >= 0.6 is 0 Å². The molecule has 31 heavy (non-hydrogen) atoms. The molecule has 0 aliphatic carbocycles. The predicted molar refractivity (Wildman–Crippen MR) is 121 cm³/mol. The first-order chi connectivity index (χ1) is 14.8. The molecule has 1 aliphatic heterocycles. The van der Waals surface area contributed by atoms with E-state index in [-0.39, 0.29) is 10.8 Å². The van der Waals surface area contributed by atoms with Crippen molar-refractivity contribution in [1.82, 2.24) is 14.5 Å². The number of methoxy groups -OCH3 is 1. The molecule has 0 aromatic heterocycles. The third-order valence-corrected chi connectivity index (χ3v) is 7.16. The topological polar surface area (TPSA) is 79.0 Å². The van der Waals surface area contributed by atoms with E-state index < -0.39 is 16.1 Å². The van der Waals surface area contributed by atoms with Crippen molar-refractivity contribution in [1.29, 1.82) is 0 Å². The number of piperazine rings is 1. The largest absolute Gasteiger partial charge is 0.496 e. The fourth-order valence-corrected chi connectivity index (χ4v) is 5.08. The number of carbonyl (C=O) groups excluding carboxylic acids is 1. The fraction of sp³-hybridized carbons (Fsp3) is 0.435. The summed E-state index contributed by atoms with van der Waals surface area (Å²) in [4.78, 5) is 17.5. The van der Waals surface area contributed by atoms with Crippen molar-refractivity contribution in [3.63, 3.8) is 0 Å². The molecule has 168 valence electrons. The van der Waals surface area contributed by atoms with Crippen LogP contribution in [0.5, 0.6) is 5.75 Å². The quantitative estimate of drug-likeness (QED) is 0.673. The van der Waals surface area contributed by atoms with Crippen LogP contribution in [0.2, 0.25) is 0 Å². The molecule has 7 nitrogen and oxygen atoms in total. The number of amides is 1. The normalized spacial score (nSPS) is 16.2. The van der Waals surface area contributed by atoms with Crippen LogP contribution in [0.25, 0.3) is 0 Å². The third-order valence-electron chi connectivity index (χ3n) is 5.69. The Bertz CT molecular complexity index is 987. The van der Waals surface area contributed by atoms with E-state index in [0.717, 1.165) is 25.2 Å². The molecular weight excluding hydrogens is 414 g/mol. The van der Waals surface area contributed by atoms with Gasteiger partial charge in [0.05, 0.1) is 12.0 Å². The van der Waals surface area contributed by atoms with Crippen LogP contribution in [-0.4, -0.2) is 70.0 Å². The van der Waals surface area contributed by atoms with Crippen LogP contribution in [0.1, 0.15) is 18.1 Å². The molecule has 1 aliphatic rings. The van der Waals surface area contributed by atoms with Gasteiger partial charge in [-0.3, -0.25) is 4.79 Å². The minimum Gasteiger partial charge on any atom is -0.496 e. The van der Waals surface area contributed by atoms with E-state index in [0.29, 0.717) is 30.8 Å². The van der Waals surface area contributed by atoms with Gasteiger partial charge in [-0.15, -0.1) is 0 Å². The summed E-state index contributed by atoms with van der Waals surface area (Å²) in [5.41, 5.74) is 1.62. The second kappa shape index (κ2) is 10.3. The number of rotatable bonds is 8. The standard InChI is InChI=1S/C23H31N3O4S/c1-4-25-12-14-26(15-13-25)23(27)21(17-19-8-6-5-7-9-19)24-31(28,29)20-10-11-22(30-3)18(2)16-20/h5-11,16,21,24H,4,12-15,17H2,1-3H3/t21-/m0/s1. The number of aryl methyl sites for hydroxylation is 1. The van der Waals surface area contributed by atoms with E-state index in [1.54, 1.807) is 31.1 Å². The van der Waals surface area contributed by atoms with E-state index in [1.165, 1.54) is 6.07 Å². The second-order valence-corrected chi connectivity index (χ2v) is 9.47. The Labute approximate surface area is 185 Å². The maximum atomic E-state index is 13.3. The zero-order chi connectivity index (χ0) is 22.4. The van der Waals surface area contributed by atoms with Gasteiger partial charge < -0.3 is 14.5 Å². The zero-order valence-electron chi connectivity index (χ0n) is 18.4. The summed E-state index contributed by atoms with van der Waals surface area (Å²) in [6.07, 6.45) is 0.294. The number of nitrogens with zero attached hydrogens (tertiary/aromatic N) is 2. The van der Waals surface area contributed by atoms with Crippen molar-refractivity contribution in [2.45, 2.75) is 31.2 Å². The Hall–Kier alpha value is -2.42. The Balaban J connectivity index is 1.83. The molecule has 0 unspecified atom stereocenters. The van der Waals surface area contributed by atoms with Gasteiger partial charge in [-0.1, -0.05) is 37.3 Å². The third kappa shape index (κ3) is 5.84. The van der Waals surface area contributed by atoms with Crippen molar-refractivity contribution in [2.24, 2.45) is 0 Å². The zero-order valence-corrected chi connectivity index (χ0v) is 19.2. The highest BCUT2D eigenvalue weighted by molar-refractivity contribution is 7.89. The number of hydrogen-bond acceptors (Lipinski definition) is 5. The van der Waals surface area contributed by atoms with E-state index in [2.05, 4.69) is 16.5 Å². The van der Waals surface area contributed by atoms with Gasteiger partial charge in [0.15, 0.2) is 0 Å². The lowest BCUT2D eigenvalue weighted by molar-refractivity contribution is -0.134. The maximum absolute atomic E-state index is 13.3. The summed E-state index contributed by atoms with van der Waals surface area (Å²) in [5, 5.41) is 0. The molecule has 0 radical (unpaired) electrons.